The average Bonchev–Trinajstić information content (AvgIpc) is 2.06. The molecule has 66 valence electrons. The fourth-order valence-electron chi connectivity index (χ4n) is 1.20. The molecule has 0 saturated heterocycles. The Hall–Kier alpha value is -0.860. The van der Waals surface area contributed by atoms with Gasteiger partial charge in [-0.2, -0.15) is 0 Å². The van der Waals surface area contributed by atoms with Crippen molar-refractivity contribution in [3.8, 4) is 0 Å². The second-order valence-electron chi connectivity index (χ2n) is 2.78. The molecule has 0 atom stereocenters. The van der Waals surface area contributed by atoms with Gasteiger partial charge in [-0.25, -0.2) is 0 Å². The minimum atomic E-state index is 0.692. The van der Waals surface area contributed by atoms with E-state index in [0.717, 1.165) is 6.54 Å². The molecule has 0 heterocycles. The summed E-state index contributed by atoms with van der Waals surface area (Å²) >= 11 is 0. The molecular formula is C10H15NO. The maximum atomic E-state index is 5.04. The highest BCUT2D eigenvalue weighted by Crippen LogP contribution is 2.05. The highest BCUT2D eigenvalue weighted by Gasteiger charge is 1.93. The van der Waals surface area contributed by atoms with E-state index in [1.807, 2.05) is 7.05 Å². The van der Waals surface area contributed by atoms with Crippen LogP contribution in [0.15, 0.2) is 24.3 Å². The van der Waals surface area contributed by atoms with E-state index < -0.39 is 0 Å². The smallest absolute Gasteiger partial charge is 0.0713 e. The maximum Gasteiger partial charge on any atom is 0.0713 e. The van der Waals surface area contributed by atoms with E-state index in [1.54, 1.807) is 7.11 Å². The van der Waals surface area contributed by atoms with Crippen molar-refractivity contribution in [3.63, 3.8) is 0 Å². The van der Waals surface area contributed by atoms with Crippen molar-refractivity contribution in [2.45, 2.75) is 13.2 Å². The molecule has 1 aromatic rings. The van der Waals surface area contributed by atoms with Crippen LogP contribution in [-0.2, 0) is 17.9 Å². The zero-order chi connectivity index (χ0) is 8.81. The first-order valence-corrected chi connectivity index (χ1v) is 4.08. The van der Waals surface area contributed by atoms with Crippen molar-refractivity contribution < 1.29 is 4.74 Å². The van der Waals surface area contributed by atoms with Crippen LogP contribution < -0.4 is 5.32 Å². The van der Waals surface area contributed by atoms with Crippen LogP contribution in [0.1, 0.15) is 11.1 Å². The highest BCUT2D eigenvalue weighted by atomic mass is 16.5. The minimum absolute atomic E-state index is 0.692. The van der Waals surface area contributed by atoms with E-state index >= 15 is 0 Å². The SMILES string of the molecule is CNCc1cccc(COC)c1. The normalized spacial score (nSPS) is 10.2. The Morgan fingerprint density at radius 2 is 2.08 bits per heavy atom. The third-order valence-electron chi connectivity index (χ3n) is 1.68. The van der Waals surface area contributed by atoms with Crippen molar-refractivity contribution >= 4 is 0 Å². The highest BCUT2D eigenvalue weighted by molar-refractivity contribution is 5.22. The van der Waals surface area contributed by atoms with Gasteiger partial charge in [-0.15, -0.1) is 0 Å². The Morgan fingerprint density at radius 1 is 1.33 bits per heavy atom. The maximum absolute atomic E-state index is 5.04. The van der Waals surface area contributed by atoms with Gasteiger partial charge >= 0.3 is 0 Å². The van der Waals surface area contributed by atoms with Crippen LogP contribution in [-0.4, -0.2) is 14.2 Å². The number of hydrogen-bond acceptors (Lipinski definition) is 2. The van der Waals surface area contributed by atoms with Gasteiger partial charge in [-0.3, -0.25) is 0 Å². The topological polar surface area (TPSA) is 21.3 Å². The first-order chi connectivity index (χ1) is 5.86. The van der Waals surface area contributed by atoms with Crippen LogP contribution in [0, 0.1) is 0 Å². The Morgan fingerprint density at radius 3 is 2.75 bits per heavy atom. The van der Waals surface area contributed by atoms with Gasteiger partial charge in [0.1, 0.15) is 0 Å². The third kappa shape index (κ3) is 2.64. The molecule has 0 aliphatic rings. The molecule has 0 unspecified atom stereocenters. The van der Waals surface area contributed by atoms with Crippen molar-refractivity contribution in [2.24, 2.45) is 0 Å². The largest absolute Gasteiger partial charge is 0.380 e. The number of nitrogens with one attached hydrogen (secondary N) is 1. The molecule has 0 fully saturated rings. The van der Waals surface area contributed by atoms with E-state index in [-0.39, 0.29) is 0 Å². The summed E-state index contributed by atoms with van der Waals surface area (Å²) < 4.78 is 5.04. The number of methoxy groups -OCH3 is 1. The Kier molecular flexibility index (Phi) is 3.77. The van der Waals surface area contributed by atoms with Crippen LogP contribution >= 0.6 is 0 Å². The fourth-order valence-corrected chi connectivity index (χ4v) is 1.20. The predicted octanol–water partition coefficient (Wildman–Crippen LogP) is 1.55. The summed E-state index contributed by atoms with van der Waals surface area (Å²) in [4.78, 5) is 0. The van der Waals surface area contributed by atoms with Gasteiger partial charge in [0.05, 0.1) is 6.61 Å². The molecule has 1 N–H and O–H groups in total. The predicted molar refractivity (Wildman–Crippen MR) is 49.9 cm³/mol. The third-order valence-corrected chi connectivity index (χ3v) is 1.68. The zero-order valence-electron chi connectivity index (χ0n) is 7.63. The lowest BCUT2D eigenvalue weighted by Gasteiger charge is -2.03. The Balaban J connectivity index is 2.67. The lowest BCUT2D eigenvalue weighted by atomic mass is 10.1. The summed E-state index contributed by atoms with van der Waals surface area (Å²) in [5, 5.41) is 3.11. The van der Waals surface area contributed by atoms with Gasteiger partial charge in [0, 0.05) is 13.7 Å². The molecule has 12 heavy (non-hydrogen) atoms. The van der Waals surface area contributed by atoms with E-state index in [0.29, 0.717) is 6.61 Å². The summed E-state index contributed by atoms with van der Waals surface area (Å²) in [6.07, 6.45) is 0. The van der Waals surface area contributed by atoms with Crippen molar-refractivity contribution in [1.29, 1.82) is 0 Å². The first-order valence-electron chi connectivity index (χ1n) is 4.08. The molecule has 2 heteroatoms. The molecule has 0 spiro atoms. The second-order valence-corrected chi connectivity index (χ2v) is 2.78. The molecule has 0 aliphatic heterocycles. The lowest BCUT2D eigenvalue weighted by molar-refractivity contribution is 0.185. The summed E-state index contributed by atoms with van der Waals surface area (Å²) in [6.45, 7) is 1.61. The summed E-state index contributed by atoms with van der Waals surface area (Å²) in [7, 11) is 3.66. The molecule has 0 amide bonds. The number of rotatable bonds is 4. The average molecular weight is 165 g/mol. The second kappa shape index (κ2) is 4.91. The van der Waals surface area contributed by atoms with Gasteiger partial charge in [0.2, 0.25) is 0 Å². The van der Waals surface area contributed by atoms with Crippen LogP contribution in [0.25, 0.3) is 0 Å². The molecule has 0 saturated carbocycles. The molecular weight excluding hydrogens is 150 g/mol. The van der Waals surface area contributed by atoms with Gasteiger partial charge in [-0.1, -0.05) is 24.3 Å². The molecule has 0 aromatic heterocycles. The molecule has 2 nitrogen and oxygen atoms in total. The molecule has 0 radical (unpaired) electrons. The standard InChI is InChI=1S/C10H15NO/c1-11-7-9-4-3-5-10(6-9)8-12-2/h3-6,11H,7-8H2,1-2H3. The Bertz CT molecular complexity index is 214. The summed E-state index contributed by atoms with van der Waals surface area (Å²) in [6, 6.07) is 8.39. The number of benzene rings is 1. The zero-order valence-corrected chi connectivity index (χ0v) is 7.63. The molecule has 0 aliphatic carbocycles. The van der Waals surface area contributed by atoms with Crippen LogP contribution in [0.2, 0.25) is 0 Å². The van der Waals surface area contributed by atoms with Gasteiger partial charge < -0.3 is 10.1 Å². The molecule has 1 rings (SSSR count). The number of ether oxygens (including phenoxy) is 1. The van der Waals surface area contributed by atoms with E-state index in [4.69, 9.17) is 4.74 Å². The van der Waals surface area contributed by atoms with Crippen LogP contribution in [0.4, 0.5) is 0 Å². The van der Waals surface area contributed by atoms with E-state index in [1.165, 1.54) is 11.1 Å². The van der Waals surface area contributed by atoms with Crippen LogP contribution in [0.3, 0.4) is 0 Å². The summed E-state index contributed by atoms with van der Waals surface area (Å²) in [5.74, 6) is 0. The van der Waals surface area contributed by atoms with Gasteiger partial charge in [0.15, 0.2) is 0 Å². The van der Waals surface area contributed by atoms with Crippen LogP contribution in [0.5, 0.6) is 0 Å². The van der Waals surface area contributed by atoms with Gasteiger partial charge in [-0.05, 0) is 18.2 Å². The monoisotopic (exact) mass is 165 g/mol. The molecule has 0 bridgehead atoms. The van der Waals surface area contributed by atoms with Crippen molar-refractivity contribution in [2.75, 3.05) is 14.2 Å². The number of hydrogen-bond donors (Lipinski definition) is 1. The minimum Gasteiger partial charge on any atom is -0.380 e. The Labute approximate surface area is 73.6 Å². The first kappa shape index (κ1) is 9.23. The lowest BCUT2D eigenvalue weighted by Crippen LogP contribution is -2.05. The van der Waals surface area contributed by atoms with E-state index in [9.17, 15) is 0 Å². The summed E-state index contributed by atoms with van der Waals surface area (Å²) in [5.41, 5.74) is 2.53. The van der Waals surface area contributed by atoms with Crippen molar-refractivity contribution in [1.82, 2.24) is 5.32 Å². The van der Waals surface area contributed by atoms with Crippen molar-refractivity contribution in [3.05, 3.63) is 35.4 Å². The van der Waals surface area contributed by atoms with Gasteiger partial charge in [0.25, 0.3) is 0 Å². The molecule has 1 aromatic carbocycles. The quantitative estimate of drug-likeness (QED) is 0.731. The fraction of sp³-hybridized carbons (Fsp3) is 0.400. The van der Waals surface area contributed by atoms with E-state index in [2.05, 4.69) is 29.6 Å².